The predicted molar refractivity (Wildman–Crippen MR) is 130 cm³/mol. The summed E-state index contributed by atoms with van der Waals surface area (Å²) in [5, 5.41) is 0. The van der Waals surface area contributed by atoms with Crippen molar-refractivity contribution in [3.8, 4) is 5.75 Å². The zero-order valence-corrected chi connectivity index (χ0v) is 19.8. The Balaban J connectivity index is 1.89. The van der Waals surface area contributed by atoms with E-state index in [4.69, 9.17) is 14.2 Å². The fourth-order valence-electron chi connectivity index (χ4n) is 3.42. The van der Waals surface area contributed by atoms with E-state index in [9.17, 15) is 4.79 Å². The number of rotatable bonds is 16. The minimum Gasteiger partial charge on any atom is -0.497 e. The largest absolute Gasteiger partial charge is 0.497 e. The molecule has 2 aromatic carbocycles. The summed E-state index contributed by atoms with van der Waals surface area (Å²) in [6.07, 6.45) is 8.98. The highest BCUT2D eigenvalue weighted by molar-refractivity contribution is 5.89. The van der Waals surface area contributed by atoms with Crippen LogP contribution in [-0.2, 0) is 27.5 Å². The Hall–Kier alpha value is -2.43. The van der Waals surface area contributed by atoms with E-state index in [0.29, 0.717) is 26.1 Å². The van der Waals surface area contributed by atoms with Gasteiger partial charge in [-0.15, -0.1) is 0 Å². The smallest absolute Gasteiger partial charge is 0.157 e. The van der Waals surface area contributed by atoms with Crippen molar-refractivity contribution in [1.29, 1.82) is 0 Å². The number of methoxy groups -OCH3 is 1. The first-order valence-corrected chi connectivity index (χ1v) is 11.7. The normalized spacial score (nSPS) is 13.2. The second kappa shape index (κ2) is 15.4. The fraction of sp³-hybridized carbons (Fsp3) is 0.464. The highest BCUT2D eigenvalue weighted by Crippen LogP contribution is 2.17. The Labute approximate surface area is 193 Å². The summed E-state index contributed by atoms with van der Waals surface area (Å²) in [7, 11) is 1.65. The number of unbranched alkanes of at least 4 members (excludes halogenated alkanes) is 3. The van der Waals surface area contributed by atoms with E-state index in [1.165, 1.54) is 12.8 Å². The number of ether oxygens (including phenoxy) is 3. The molecule has 0 unspecified atom stereocenters. The van der Waals surface area contributed by atoms with Crippen LogP contribution in [0.1, 0.15) is 63.5 Å². The molecule has 2 aromatic rings. The first-order valence-electron chi connectivity index (χ1n) is 11.7. The van der Waals surface area contributed by atoms with Gasteiger partial charge in [-0.3, -0.25) is 4.79 Å². The third-order valence-electron chi connectivity index (χ3n) is 5.32. The maximum absolute atomic E-state index is 12.5. The van der Waals surface area contributed by atoms with E-state index in [1.807, 2.05) is 55.5 Å². The van der Waals surface area contributed by atoms with Crippen LogP contribution in [0.4, 0.5) is 0 Å². The number of carbonyl (C=O) groups is 1. The zero-order chi connectivity index (χ0) is 23.0. The number of benzene rings is 2. The molecule has 0 aromatic heterocycles. The van der Waals surface area contributed by atoms with Crippen molar-refractivity contribution in [3.05, 3.63) is 77.9 Å². The Bertz CT molecular complexity index is 783. The number of carbonyl (C=O) groups excluding carboxylic acids is 1. The molecule has 2 rings (SSSR count). The van der Waals surface area contributed by atoms with Crippen LogP contribution < -0.4 is 4.74 Å². The molecule has 0 fully saturated rings. The van der Waals surface area contributed by atoms with E-state index in [2.05, 4.69) is 19.1 Å². The lowest BCUT2D eigenvalue weighted by Gasteiger charge is -2.21. The molecule has 4 nitrogen and oxygen atoms in total. The second-order valence-electron chi connectivity index (χ2n) is 8.19. The SMILES string of the molecule is CCCCC/C=C/C(=O)C[C@H](C[C@H](C)OCc1ccccc1)OCc1ccc(OC)cc1. The molecular weight excluding hydrogens is 400 g/mol. The average Bonchev–Trinajstić information content (AvgIpc) is 2.82. The highest BCUT2D eigenvalue weighted by atomic mass is 16.5. The summed E-state index contributed by atoms with van der Waals surface area (Å²) < 4.78 is 17.4. The average molecular weight is 439 g/mol. The van der Waals surface area contributed by atoms with Crippen molar-refractivity contribution in [1.82, 2.24) is 0 Å². The molecule has 0 amide bonds. The summed E-state index contributed by atoms with van der Waals surface area (Å²) in [5.41, 5.74) is 2.19. The van der Waals surface area contributed by atoms with Crippen LogP contribution in [0.2, 0.25) is 0 Å². The molecule has 0 N–H and O–H groups in total. The third-order valence-corrected chi connectivity index (χ3v) is 5.32. The lowest BCUT2D eigenvalue weighted by molar-refractivity contribution is -0.118. The minimum absolute atomic E-state index is 0.0163. The van der Waals surface area contributed by atoms with Crippen LogP contribution in [0.5, 0.6) is 5.75 Å². The molecule has 4 heteroatoms. The fourth-order valence-corrected chi connectivity index (χ4v) is 3.42. The Kier molecular flexibility index (Phi) is 12.4. The molecule has 0 radical (unpaired) electrons. The second-order valence-corrected chi connectivity index (χ2v) is 8.19. The summed E-state index contributed by atoms with van der Waals surface area (Å²) in [6, 6.07) is 17.9. The molecule has 174 valence electrons. The van der Waals surface area contributed by atoms with Crippen LogP contribution >= 0.6 is 0 Å². The first kappa shape index (κ1) is 25.8. The Morgan fingerprint density at radius 3 is 2.31 bits per heavy atom. The van der Waals surface area contributed by atoms with E-state index in [0.717, 1.165) is 29.7 Å². The van der Waals surface area contributed by atoms with Gasteiger partial charge >= 0.3 is 0 Å². The Morgan fingerprint density at radius 2 is 1.62 bits per heavy atom. The standard InChI is InChI=1S/C28H38O4/c1-4-5-6-7-11-14-26(29)20-28(32-22-25-15-17-27(30-3)18-16-25)19-23(2)31-21-24-12-9-8-10-13-24/h8-18,23,28H,4-7,19-22H2,1-3H3/b14-11+/t23-,28-/m0/s1. The lowest BCUT2D eigenvalue weighted by Crippen LogP contribution is -2.23. The lowest BCUT2D eigenvalue weighted by atomic mass is 10.1. The number of allylic oxidation sites excluding steroid dienone is 2. The van der Waals surface area contributed by atoms with Gasteiger partial charge in [-0.1, -0.05) is 68.3 Å². The summed E-state index contributed by atoms with van der Waals surface area (Å²) in [5.74, 6) is 0.924. The van der Waals surface area contributed by atoms with Crippen molar-refractivity contribution in [2.24, 2.45) is 0 Å². The van der Waals surface area contributed by atoms with Crippen LogP contribution in [0.25, 0.3) is 0 Å². The van der Waals surface area contributed by atoms with Gasteiger partial charge in [-0.25, -0.2) is 0 Å². The van der Waals surface area contributed by atoms with Crippen molar-refractivity contribution < 1.29 is 19.0 Å². The van der Waals surface area contributed by atoms with Crippen molar-refractivity contribution >= 4 is 5.78 Å². The highest BCUT2D eigenvalue weighted by Gasteiger charge is 2.18. The van der Waals surface area contributed by atoms with Gasteiger partial charge in [0.2, 0.25) is 0 Å². The van der Waals surface area contributed by atoms with E-state index >= 15 is 0 Å². The zero-order valence-electron chi connectivity index (χ0n) is 19.8. The van der Waals surface area contributed by atoms with Crippen molar-refractivity contribution in [2.75, 3.05) is 7.11 Å². The van der Waals surface area contributed by atoms with E-state index < -0.39 is 0 Å². The first-order chi connectivity index (χ1) is 15.6. The van der Waals surface area contributed by atoms with Crippen molar-refractivity contribution in [2.45, 2.75) is 77.8 Å². The maximum atomic E-state index is 12.5. The molecule has 0 saturated heterocycles. The summed E-state index contributed by atoms with van der Waals surface area (Å²) in [6.45, 7) is 5.23. The molecule has 0 heterocycles. The van der Waals surface area contributed by atoms with Gasteiger partial charge in [0.15, 0.2) is 5.78 Å². The Morgan fingerprint density at radius 1 is 0.938 bits per heavy atom. The van der Waals surface area contributed by atoms with Gasteiger partial charge in [0.25, 0.3) is 0 Å². The van der Waals surface area contributed by atoms with E-state index in [1.54, 1.807) is 13.2 Å². The molecule has 0 bridgehead atoms. The van der Waals surface area contributed by atoms with Crippen LogP contribution in [0.15, 0.2) is 66.7 Å². The monoisotopic (exact) mass is 438 g/mol. The molecule has 0 aliphatic carbocycles. The summed E-state index contributed by atoms with van der Waals surface area (Å²) in [4.78, 5) is 12.5. The van der Waals surface area contributed by atoms with Gasteiger partial charge in [0.1, 0.15) is 5.75 Å². The predicted octanol–water partition coefficient (Wildman–Crippen LogP) is 6.67. The number of hydrogen-bond acceptors (Lipinski definition) is 4. The molecular formula is C28H38O4. The number of hydrogen-bond donors (Lipinski definition) is 0. The van der Waals surface area contributed by atoms with Crippen LogP contribution in [0, 0.1) is 0 Å². The summed E-state index contributed by atoms with van der Waals surface area (Å²) >= 11 is 0. The third kappa shape index (κ3) is 10.7. The molecule has 2 atom stereocenters. The molecule has 32 heavy (non-hydrogen) atoms. The van der Waals surface area contributed by atoms with Gasteiger partial charge < -0.3 is 14.2 Å². The van der Waals surface area contributed by atoms with Gasteiger partial charge in [-0.2, -0.15) is 0 Å². The van der Waals surface area contributed by atoms with Crippen LogP contribution in [-0.4, -0.2) is 25.1 Å². The quantitative estimate of drug-likeness (QED) is 0.217. The topological polar surface area (TPSA) is 44.8 Å². The van der Waals surface area contributed by atoms with Gasteiger partial charge in [0.05, 0.1) is 32.5 Å². The molecule has 0 saturated carbocycles. The maximum Gasteiger partial charge on any atom is 0.157 e. The van der Waals surface area contributed by atoms with E-state index in [-0.39, 0.29) is 18.0 Å². The molecule has 0 spiro atoms. The van der Waals surface area contributed by atoms with Gasteiger partial charge in [0, 0.05) is 6.42 Å². The molecule has 0 aliphatic heterocycles. The van der Waals surface area contributed by atoms with Crippen molar-refractivity contribution in [3.63, 3.8) is 0 Å². The van der Waals surface area contributed by atoms with Gasteiger partial charge in [-0.05, 0) is 55.5 Å². The minimum atomic E-state index is -0.198. The molecule has 0 aliphatic rings. The van der Waals surface area contributed by atoms with Crippen LogP contribution in [0.3, 0.4) is 0 Å². The number of ketones is 1.